The average Bonchev–Trinajstić information content (AvgIpc) is 4.04. The SMILES string of the molecule is C1CN(c2nsnc2OCC2CO2)CCO1.ClCC1CO1.O=c1[nH]snc1N1CCOCC1.OC(CCl)COc1nsnc1N1CCOCC1. The van der Waals surface area contributed by atoms with E-state index in [1.54, 1.807) is 0 Å². The predicted octanol–water partition coefficient (Wildman–Crippen LogP) is 0.798. The van der Waals surface area contributed by atoms with Gasteiger partial charge in [0.25, 0.3) is 11.8 Å². The minimum absolute atomic E-state index is 0.0955. The number of rotatable bonds is 11. The number of aromatic nitrogens is 6. The van der Waals surface area contributed by atoms with Crippen LogP contribution in [0.25, 0.3) is 0 Å². The topological polar surface area (TPSA) is 198 Å². The molecule has 18 nitrogen and oxygen atoms in total. The maximum absolute atomic E-state index is 11.1. The smallest absolute Gasteiger partial charge is 0.302 e. The molecule has 3 atom stereocenters. The molecule has 0 aliphatic carbocycles. The molecule has 3 aromatic rings. The third kappa shape index (κ3) is 13.1. The maximum atomic E-state index is 11.1. The number of hydrogen-bond acceptors (Lipinski definition) is 20. The van der Waals surface area contributed by atoms with Crippen molar-refractivity contribution < 1.29 is 38.3 Å². The van der Waals surface area contributed by atoms with Gasteiger partial charge in [0, 0.05) is 51.0 Å². The lowest BCUT2D eigenvalue weighted by Gasteiger charge is -2.26. The number of nitrogens with one attached hydrogen (secondary N) is 1. The van der Waals surface area contributed by atoms with Gasteiger partial charge in [-0.15, -0.1) is 31.9 Å². The van der Waals surface area contributed by atoms with E-state index in [1.807, 2.05) is 4.90 Å². The molecule has 23 heteroatoms. The van der Waals surface area contributed by atoms with Crippen LogP contribution >= 0.6 is 58.4 Å². The molecule has 0 saturated carbocycles. The number of halogens is 2. The van der Waals surface area contributed by atoms with Gasteiger partial charge in [-0.1, -0.05) is 0 Å². The highest BCUT2D eigenvalue weighted by atomic mass is 35.5. The molecule has 50 heavy (non-hydrogen) atoms. The molecule has 5 aliphatic heterocycles. The van der Waals surface area contributed by atoms with Gasteiger partial charge >= 0.3 is 5.56 Å². The lowest BCUT2D eigenvalue weighted by Crippen LogP contribution is -2.38. The standard InChI is InChI=1S/C9H14ClN3O3S.C9H13N3O3S.C6H9N3O2S.C3H5ClO/c10-5-7(14)6-16-9-8(11-17-12-9)13-1-3-15-4-2-13;1-3-13-4-2-12(1)8-9(11-16-10-8)15-6-7-5-14-7;10-6-5(7-12-8-6)9-1-3-11-4-2-9;4-1-3-2-5-3/h7,14H,1-6H2;7H,1-6H2;1-4H2,(H,8,10);3H,1-2H2. The summed E-state index contributed by atoms with van der Waals surface area (Å²) in [6, 6.07) is 0. The summed E-state index contributed by atoms with van der Waals surface area (Å²) in [6.45, 7) is 11.3. The molecule has 8 heterocycles. The number of aliphatic hydroxyl groups excluding tert-OH is 1. The summed E-state index contributed by atoms with van der Waals surface area (Å²) >= 11 is 14.1. The van der Waals surface area contributed by atoms with Crippen molar-refractivity contribution in [2.45, 2.75) is 18.3 Å². The Balaban J connectivity index is 0.000000138. The molecule has 0 spiro atoms. The highest BCUT2D eigenvalue weighted by Gasteiger charge is 2.26. The lowest BCUT2D eigenvalue weighted by atomic mass is 10.4. The zero-order valence-electron chi connectivity index (χ0n) is 27.2. The number of H-pyrrole nitrogens is 1. The van der Waals surface area contributed by atoms with Crippen molar-refractivity contribution in [3.8, 4) is 11.8 Å². The number of alkyl halides is 2. The molecule has 2 N–H and O–H groups in total. The van der Waals surface area contributed by atoms with Crippen molar-refractivity contribution >= 4 is 75.8 Å². The summed E-state index contributed by atoms with van der Waals surface area (Å²) in [5, 5.41) is 9.32. The van der Waals surface area contributed by atoms with Crippen molar-refractivity contribution in [2.75, 3.05) is 132 Å². The van der Waals surface area contributed by atoms with Crippen LogP contribution in [0.5, 0.6) is 11.8 Å². The van der Waals surface area contributed by atoms with Crippen molar-refractivity contribution in [2.24, 2.45) is 0 Å². The minimum atomic E-state index is -0.684. The Morgan fingerprint density at radius 3 is 1.62 bits per heavy atom. The summed E-state index contributed by atoms with van der Waals surface area (Å²) in [4.78, 5) is 17.3. The van der Waals surface area contributed by atoms with E-state index >= 15 is 0 Å². The van der Waals surface area contributed by atoms with Gasteiger partial charge in [-0.05, 0) is 0 Å². The number of aromatic amines is 1. The molecular formula is C27H41Cl2N9O9S3. The fraction of sp³-hybridized carbons (Fsp3) is 0.778. The number of epoxide rings is 2. The van der Waals surface area contributed by atoms with Gasteiger partial charge in [0.05, 0.1) is 94.2 Å². The van der Waals surface area contributed by atoms with Gasteiger partial charge in [0.2, 0.25) is 17.5 Å². The van der Waals surface area contributed by atoms with E-state index in [-0.39, 0.29) is 24.2 Å². The minimum Gasteiger partial charge on any atom is -0.472 e. The zero-order chi connectivity index (χ0) is 35.0. The highest BCUT2D eigenvalue weighted by Crippen LogP contribution is 2.28. The monoisotopic (exact) mass is 801 g/mol. The van der Waals surface area contributed by atoms with E-state index in [0.717, 1.165) is 101 Å². The lowest BCUT2D eigenvalue weighted by molar-refractivity contribution is 0.117. The third-order valence-electron chi connectivity index (χ3n) is 7.26. The number of anilines is 3. The first-order chi connectivity index (χ1) is 24.6. The summed E-state index contributed by atoms with van der Waals surface area (Å²) in [5.41, 5.74) is -0.0955. The molecule has 280 valence electrons. The van der Waals surface area contributed by atoms with Crippen LogP contribution in [-0.2, 0) is 23.7 Å². The van der Waals surface area contributed by atoms with E-state index in [0.29, 0.717) is 62.6 Å². The first-order valence-corrected chi connectivity index (χ1v) is 19.3. The van der Waals surface area contributed by atoms with Gasteiger partial charge in [0.15, 0.2) is 0 Å². The number of aliphatic hydroxyl groups is 1. The second kappa shape index (κ2) is 21.4. The van der Waals surface area contributed by atoms with E-state index in [2.05, 4.69) is 36.0 Å². The van der Waals surface area contributed by atoms with Gasteiger partial charge < -0.3 is 53.0 Å². The fourth-order valence-electron chi connectivity index (χ4n) is 4.35. The largest absolute Gasteiger partial charge is 0.472 e. The summed E-state index contributed by atoms with van der Waals surface area (Å²) < 4.78 is 59.8. The third-order valence-corrected chi connectivity index (χ3v) is 9.51. The molecule has 0 amide bonds. The second-order valence-electron chi connectivity index (χ2n) is 11.0. The molecule has 5 aliphatic rings. The molecule has 0 aromatic carbocycles. The Labute approximate surface area is 311 Å². The first-order valence-electron chi connectivity index (χ1n) is 16.0. The van der Waals surface area contributed by atoms with E-state index in [1.165, 1.54) is 11.7 Å². The highest BCUT2D eigenvalue weighted by molar-refractivity contribution is 6.99. The van der Waals surface area contributed by atoms with Crippen molar-refractivity contribution in [1.29, 1.82) is 0 Å². The summed E-state index contributed by atoms with van der Waals surface area (Å²) in [5.74, 6) is 3.99. The molecule has 0 radical (unpaired) electrons. The number of morpholine rings is 3. The number of ether oxygens (including phenoxy) is 7. The van der Waals surface area contributed by atoms with Crippen molar-refractivity contribution in [1.82, 2.24) is 26.2 Å². The van der Waals surface area contributed by atoms with Gasteiger partial charge in [-0.3, -0.25) is 9.17 Å². The molecule has 3 unspecified atom stereocenters. The van der Waals surface area contributed by atoms with Gasteiger partial charge in [-0.2, -0.15) is 13.1 Å². The van der Waals surface area contributed by atoms with E-state index in [4.69, 9.17) is 56.4 Å². The van der Waals surface area contributed by atoms with E-state index < -0.39 is 6.10 Å². The summed E-state index contributed by atoms with van der Waals surface area (Å²) in [7, 11) is 0. The van der Waals surface area contributed by atoms with Crippen molar-refractivity contribution in [3.63, 3.8) is 0 Å². The van der Waals surface area contributed by atoms with Crippen LogP contribution < -0.4 is 29.7 Å². The predicted molar refractivity (Wildman–Crippen MR) is 190 cm³/mol. The Morgan fingerprint density at radius 2 is 1.22 bits per heavy atom. The quantitative estimate of drug-likeness (QED) is 0.204. The van der Waals surface area contributed by atoms with Crippen LogP contribution in [0.1, 0.15) is 0 Å². The normalized spacial score (nSPS) is 21.8. The van der Waals surface area contributed by atoms with Crippen LogP contribution in [0, 0.1) is 0 Å². The van der Waals surface area contributed by atoms with Gasteiger partial charge in [0.1, 0.15) is 25.4 Å². The fourth-order valence-corrected chi connectivity index (χ4v) is 6.17. The number of nitrogens with zero attached hydrogens (tertiary/aromatic N) is 8. The van der Waals surface area contributed by atoms with Crippen molar-refractivity contribution in [3.05, 3.63) is 10.4 Å². The van der Waals surface area contributed by atoms with Gasteiger partial charge in [-0.25, -0.2) is 0 Å². The average molecular weight is 803 g/mol. The molecule has 0 bridgehead atoms. The molecular weight excluding hydrogens is 761 g/mol. The Morgan fingerprint density at radius 1 is 0.740 bits per heavy atom. The summed E-state index contributed by atoms with van der Waals surface area (Å²) in [6.07, 6.45) is -0.0354. The Kier molecular flexibility index (Phi) is 16.7. The van der Waals surface area contributed by atoms with Crippen LogP contribution in [0.15, 0.2) is 4.79 Å². The molecule has 5 saturated heterocycles. The van der Waals surface area contributed by atoms with Crippen LogP contribution in [0.3, 0.4) is 0 Å². The number of hydrogen-bond donors (Lipinski definition) is 2. The maximum Gasteiger partial charge on any atom is 0.302 e. The van der Waals surface area contributed by atoms with Crippen LogP contribution in [0.2, 0.25) is 0 Å². The molecule has 5 fully saturated rings. The van der Waals surface area contributed by atoms with Crippen LogP contribution in [0.4, 0.5) is 17.5 Å². The molecule has 3 aromatic heterocycles. The Hall–Kier alpha value is -2.18. The van der Waals surface area contributed by atoms with E-state index in [9.17, 15) is 9.90 Å². The van der Waals surface area contributed by atoms with Crippen LogP contribution in [-0.4, -0.2) is 167 Å². The first kappa shape index (κ1) is 39.0. The zero-order valence-corrected chi connectivity index (χ0v) is 31.2. The second-order valence-corrected chi connectivity index (χ2v) is 13.3. The Bertz CT molecular complexity index is 1410. The molecule has 8 rings (SSSR count).